The van der Waals surface area contributed by atoms with Gasteiger partial charge in [-0.25, -0.2) is 4.99 Å². The summed E-state index contributed by atoms with van der Waals surface area (Å²) in [4.78, 5) is 32.5. The summed E-state index contributed by atoms with van der Waals surface area (Å²) < 4.78 is 19.5. The topological polar surface area (TPSA) is 103 Å². The molecule has 4 aromatic carbocycles. The maximum Gasteiger partial charge on any atom is 0.271 e. The highest BCUT2D eigenvalue weighted by Gasteiger charge is 2.33. The molecule has 1 aromatic heterocycles. The van der Waals surface area contributed by atoms with Gasteiger partial charge in [0, 0.05) is 22.4 Å². The van der Waals surface area contributed by atoms with E-state index in [2.05, 4.69) is 6.07 Å². The average molecular weight is 616 g/mol. The zero-order valence-electron chi connectivity index (χ0n) is 25.2. The molecule has 0 saturated carbocycles. The number of benzene rings is 4. The molecule has 45 heavy (non-hydrogen) atoms. The maximum atomic E-state index is 14.2. The minimum Gasteiger partial charge on any atom is -0.496 e. The molecule has 0 radical (unpaired) electrons. The third kappa shape index (κ3) is 5.41. The molecule has 5 aromatic rings. The molecule has 0 amide bonds. The number of aromatic nitrogens is 1. The molecule has 0 aliphatic carbocycles. The lowest BCUT2D eigenvalue weighted by molar-refractivity contribution is -0.114. The Hall–Kier alpha value is -5.46. The van der Waals surface area contributed by atoms with Crippen molar-refractivity contribution in [3.63, 3.8) is 0 Å². The van der Waals surface area contributed by atoms with Crippen LogP contribution in [0.3, 0.4) is 0 Å². The molecular weight excluding hydrogens is 586 g/mol. The fraction of sp³-hybridized carbons (Fsp3) is 0.167. The van der Waals surface area contributed by atoms with E-state index < -0.39 is 6.04 Å². The van der Waals surface area contributed by atoms with Crippen molar-refractivity contribution < 1.29 is 19.0 Å². The third-order valence-corrected chi connectivity index (χ3v) is 8.81. The SMILES string of the molecule is COc1cc(C=c2sc3n(c2=O)[C@@H](c2c(OC)ccc4ccccc24)C(C(C)=O)=C(C)N=3)ccc1OCc1ccccc1C#N. The molecule has 2 heterocycles. The van der Waals surface area contributed by atoms with Crippen LogP contribution < -0.4 is 29.1 Å². The number of carbonyl (C=O) groups is 1. The van der Waals surface area contributed by atoms with Gasteiger partial charge in [-0.05, 0) is 60.5 Å². The summed E-state index contributed by atoms with van der Waals surface area (Å²) in [5, 5.41) is 11.3. The molecule has 0 saturated heterocycles. The van der Waals surface area contributed by atoms with Gasteiger partial charge in [-0.2, -0.15) is 5.26 Å². The van der Waals surface area contributed by atoms with Crippen LogP contribution in [-0.2, 0) is 11.4 Å². The Morgan fingerprint density at radius 1 is 1.00 bits per heavy atom. The summed E-state index contributed by atoms with van der Waals surface area (Å²) >= 11 is 1.26. The van der Waals surface area contributed by atoms with Crippen LogP contribution in [0.5, 0.6) is 17.2 Å². The highest BCUT2D eigenvalue weighted by Crippen LogP contribution is 2.40. The van der Waals surface area contributed by atoms with Crippen molar-refractivity contribution in [3.05, 3.63) is 132 Å². The highest BCUT2D eigenvalue weighted by molar-refractivity contribution is 7.07. The fourth-order valence-corrected chi connectivity index (χ4v) is 6.78. The van der Waals surface area contributed by atoms with Crippen LogP contribution in [0.2, 0.25) is 0 Å². The second kappa shape index (κ2) is 12.3. The number of fused-ring (bicyclic) bond motifs is 2. The monoisotopic (exact) mass is 615 g/mol. The zero-order valence-corrected chi connectivity index (χ0v) is 26.0. The predicted octanol–water partition coefficient (Wildman–Crippen LogP) is 5.45. The van der Waals surface area contributed by atoms with Gasteiger partial charge in [0.1, 0.15) is 12.4 Å². The van der Waals surface area contributed by atoms with Crippen LogP contribution in [0.25, 0.3) is 16.8 Å². The lowest BCUT2D eigenvalue weighted by Gasteiger charge is -2.27. The summed E-state index contributed by atoms with van der Waals surface area (Å²) in [7, 11) is 3.14. The number of rotatable bonds is 8. The van der Waals surface area contributed by atoms with Gasteiger partial charge in [0.2, 0.25) is 0 Å². The molecule has 0 fully saturated rings. The van der Waals surface area contributed by atoms with E-state index in [-0.39, 0.29) is 17.9 Å². The molecule has 1 atom stereocenters. The summed E-state index contributed by atoms with van der Waals surface area (Å²) in [6.45, 7) is 3.51. The van der Waals surface area contributed by atoms with Crippen molar-refractivity contribution in [1.82, 2.24) is 4.57 Å². The maximum absolute atomic E-state index is 14.2. The van der Waals surface area contributed by atoms with Gasteiger partial charge in [0.15, 0.2) is 22.1 Å². The number of methoxy groups -OCH3 is 2. The number of Topliss-reactive ketones (excluding diaryl/α,β-unsaturated/α-hetero) is 1. The smallest absolute Gasteiger partial charge is 0.271 e. The first-order chi connectivity index (χ1) is 21.8. The minimum atomic E-state index is -0.719. The van der Waals surface area contributed by atoms with Crippen LogP contribution in [0.1, 0.15) is 42.1 Å². The first kappa shape index (κ1) is 29.6. The van der Waals surface area contributed by atoms with Crippen LogP contribution >= 0.6 is 11.3 Å². The van der Waals surface area contributed by atoms with E-state index in [9.17, 15) is 14.9 Å². The van der Waals surface area contributed by atoms with Gasteiger partial charge in [0.25, 0.3) is 5.56 Å². The highest BCUT2D eigenvalue weighted by atomic mass is 32.1. The average Bonchev–Trinajstić information content (AvgIpc) is 3.36. The fourth-order valence-electron chi connectivity index (χ4n) is 5.73. The van der Waals surface area contributed by atoms with Crippen molar-refractivity contribution in [1.29, 1.82) is 5.26 Å². The normalized spacial score (nSPS) is 14.5. The number of ketones is 1. The van der Waals surface area contributed by atoms with Crippen LogP contribution in [-0.4, -0.2) is 24.6 Å². The van der Waals surface area contributed by atoms with E-state index in [0.717, 1.165) is 27.5 Å². The molecule has 6 rings (SSSR count). The number of hydrogen-bond donors (Lipinski definition) is 0. The molecule has 1 aliphatic rings. The molecule has 0 bridgehead atoms. The molecule has 224 valence electrons. The van der Waals surface area contributed by atoms with Gasteiger partial charge in [-0.1, -0.05) is 65.9 Å². The second-order valence-electron chi connectivity index (χ2n) is 10.5. The molecule has 9 heteroatoms. The van der Waals surface area contributed by atoms with E-state index in [1.807, 2.05) is 60.7 Å². The first-order valence-corrected chi connectivity index (χ1v) is 15.0. The lowest BCUT2D eigenvalue weighted by atomic mass is 9.89. The van der Waals surface area contributed by atoms with Gasteiger partial charge >= 0.3 is 0 Å². The van der Waals surface area contributed by atoms with E-state index in [0.29, 0.717) is 43.4 Å². The van der Waals surface area contributed by atoms with Crippen LogP contribution in [0.15, 0.2) is 99.9 Å². The molecular formula is C36H29N3O5S. The Labute approximate surface area is 263 Å². The Morgan fingerprint density at radius 2 is 1.73 bits per heavy atom. The van der Waals surface area contributed by atoms with Crippen LogP contribution in [0, 0.1) is 11.3 Å². The van der Waals surface area contributed by atoms with E-state index in [1.165, 1.54) is 18.3 Å². The third-order valence-electron chi connectivity index (χ3n) is 7.83. The number of carbonyl (C=O) groups excluding carboxylic acids is 1. The van der Waals surface area contributed by atoms with Gasteiger partial charge in [-0.15, -0.1) is 0 Å². The number of nitrogens with zero attached hydrogens (tertiary/aromatic N) is 3. The molecule has 0 spiro atoms. The van der Waals surface area contributed by atoms with Crippen LogP contribution in [0.4, 0.5) is 0 Å². The number of allylic oxidation sites excluding steroid dienone is 2. The van der Waals surface area contributed by atoms with Crippen molar-refractivity contribution in [2.24, 2.45) is 4.99 Å². The molecule has 8 nitrogen and oxygen atoms in total. The summed E-state index contributed by atoms with van der Waals surface area (Å²) in [6, 6.07) is 25.8. The number of hydrogen-bond acceptors (Lipinski definition) is 8. The molecule has 0 N–H and O–H groups in total. The van der Waals surface area contributed by atoms with E-state index >= 15 is 0 Å². The summed E-state index contributed by atoms with van der Waals surface area (Å²) in [5.41, 5.74) is 3.53. The minimum absolute atomic E-state index is 0.164. The van der Waals surface area contributed by atoms with Gasteiger partial charge in [-0.3, -0.25) is 14.2 Å². The number of ether oxygens (including phenoxy) is 3. The van der Waals surface area contributed by atoms with E-state index in [1.54, 1.807) is 50.0 Å². The van der Waals surface area contributed by atoms with Gasteiger partial charge in [0.05, 0.1) is 36.4 Å². The Kier molecular flexibility index (Phi) is 8.07. The Balaban J connectivity index is 1.46. The predicted molar refractivity (Wildman–Crippen MR) is 173 cm³/mol. The van der Waals surface area contributed by atoms with E-state index in [4.69, 9.17) is 19.2 Å². The quantitative estimate of drug-likeness (QED) is 0.230. The first-order valence-electron chi connectivity index (χ1n) is 14.2. The van der Waals surface area contributed by atoms with Gasteiger partial charge < -0.3 is 14.2 Å². The Morgan fingerprint density at radius 3 is 2.49 bits per heavy atom. The summed E-state index contributed by atoms with van der Waals surface area (Å²) in [5.74, 6) is 1.41. The van der Waals surface area contributed by atoms with Crippen molar-refractivity contribution in [3.8, 4) is 23.3 Å². The molecule has 1 aliphatic heterocycles. The lowest BCUT2D eigenvalue weighted by Crippen LogP contribution is -2.39. The number of nitriles is 1. The van der Waals surface area contributed by atoms with Crippen molar-refractivity contribution in [2.75, 3.05) is 14.2 Å². The van der Waals surface area contributed by atoms with Crippen molar-refractivity contribution in [2.45, 2.75) is 26.5 Å². The zero-order chi connectivity index (χ0) is 31.7. The Bertz CT molecular complexity index is 2240. The largest absolute Gasteiger partial charge is 0.496 e. The molecule has 0 unspecified atom stereocenters. The summed E-state index contributed by atoms with van der Waals surface area (Å²) in [6.07, 6.45) is 1.78. The standard InChI is InChI=1S/C36H29N3O5S/c1-21-32(22(2)40)34(33-27-12-8-7-9-24(27)14-16-29(33)42-3)39-35(41)31(45-36(39)38-21)18-23-13-15-28(30(17-23)43-4)44-20-26-11-6-5-10-25(26)19-37/h5-18,34H,20H2,1-4H3/t34-/m1/s1. The number of thiazole rings is 1. The second-order valence-corrected chi connectivity index (χ2v) is 11.5. The van der Waals surface area contributed by atoms with Crippen molar-refractivity contribution >= 4 is 34.0 Å².